The zero-order valence-electron chi connectivity index (χ0n) is 14.7. The van der Waals surface area contributed by atoms with Crippen LogP contribution in [-0.4, -0.2) is 42.5 Å². The monoisotopic (exact) mass is 320 g/mol. The van der Waals surface area contributed by atoms with Crippen LogP contribution in [0.15, 0.2) is 0 Å². The summed E-state index contributed by atoms with van der Waals surface area (Å²) in [5.74, 6) is -0.929. The van der Waals surface area contributed by atoms with E-state index in [4.69, 9.17) is 14.3 Å². The fourth-order valence-corrected chi connectivity index (χ4v) is 3.01. The third-order valence-corrected chi connectivity index (χ3v) is 8.16. The number of rotatable bonds is 7. The Morgan fingerprint density at radius 1 is 1.14 bits per heavy atom. The lowest BCUT2D eigenvalue weighted by Crippen LogP contribution is -2.45. The van der Waals surface area contributed by atoms with E-state index in [-0.39, 0.29) is 17.9 Å². The third kappa shape index (κ3) is 8.56. The van der Waals surface area contributed by atoms with E-state index in [1.54, 1.807) is 0 Å². The van der Waals surface area contributed by atoms with Crippen molar-refractivity contribution in [3.63, 3.8) is 0 Å². The smallest absolute Gasteiger partial charge is 0.305 e. The highest BCUT2D eigenvalue weighted by molar-refractivity contribution is 6.74. The number of hydrogen-bond acceptors (Lipinski definition) is 4. The van der Waals surface area contributed by atoms with Gasteiger partial charge in [-0.2, -0.15) is 0 Å². The van der Waals surface area contributed by atoms with Gasteiger partial charge in [-0.05, 0) is 38.9 Å². The Morgan fingerprint density at radius 3 is 1.95 bits per heavy atom. The van der Waals surface area contributed by atoms with E-state index in [2.05, 4.69) is 33.9 Å². The minimum atomic E-state index is -2.09. The van der Waals surface area contributed by atoms with Gasteiger partial charge < -0.3 is 19.4 Å². The van der Waals surface area contributed by atoms with Crippen molar-refractivity contribution in [3.05, 3.63) is 0 Å². The van der Waals surface area contributed by atoms with Gasteiger partial charge >= 0.3 is 5.97 Å². The van der Waals surface area contributed by atoms with Crippen molar-refractivity contribution in [2.75, 3.05) is 0 Å². The van der Waals surface area contributed by atoms with Crippen molar-refractivity contribution in [1.82, 2.24) is 0 Å². The fourth-order valence-electron chi connectivity index (χ4n) is 1.64. The summed E-state index contributed by atoms with van der Waals surface area (Å²) < 4.78 is 11.6. The van der Waals surface area contributed by atoms with E-state index in [0.717, 1.165) is 0 Å². The number of ether oxygens (including phenoxy) is 1. The van der Waals surface area contributed by atoms with Crippen LogP contribution in [0, 0.1) is 0 Å². The molecule has 0 rings (SSSR count). The minimum absolute atomic E-state index is 0.0143. The molecule has 2 N–H and O–H groups in total. The van der Waals surface area contributed by atoms with Gasteiger partial charge in [0.1, 0.15) is 0 Å². The lowest BCUT2D eigenvalue weighted by molar-refractivity contribution is -0.178. The predicted octanol–water partition coefficient (Wildman–Crippen LogP) is 3.38. The van der Waals surface area contributed by atoms with E-state index >= 15 is 0 Å². The minimum Gasteiger partial charge on any atom is -0.481 e. The van der Waals surface area contributed by atoms with Crippen LogP contribution in [0.5, 0.6) is 0 Å². The first-order chi connectivity index (χ1) is 9.14. The average molecular weight is 321 g/mol. The van der Waals surface area contributed by atoms with Gasteiger partial charge in [0.05, 0.1) is 18.1 Å². The summed E-state index contributed by atoms with van der Waals surface area (Å²) in [6.45, 7) is 16.0. The molecule has 2 unspecified atom stereocenters. The second-order valence-electron chi connectivity index (χ2n) is 8.02. The maximum absolute atomic E-state index is 11.0. The molecule has 0 aliphatic rings. The quantitative estimate of drug-likeness (QED) is 0.555. The number of aliphatic hydroxyl groups excluding tert-OH is 1. The molecule has 0 saturated carbocycles. The Balaban J connectivity index is 4.86. The van der Waals surface area contributed by atoms with E-state index in [0.29, 0.717) is 0 Å². The van der Waals surface area contributed by atoms with Gasteiger partial charge in [0.15, 0.2) is 14.6 Å². The molecule has 6 heteroatoms. The summed E-state index contributed by atoms with van der Waals surface area (Å²) in [4.78, 5) is 11.0. The SMILES string of the molecule is CC(C)(C)OC(O)CC(CC(=O)O)O[Si](C)(C)C(C)(C)C. The summed E-state index contributed by atoms with van der Waals surface area (Å²) in [5, 5.41) is 19.0. The summed E-state index contributed by atoms with van der Waals surface area (Å²) in [5.41, 5.74) is -0.482. The molecule has 21 heavy (non-hydrogen) atoms. The lowest BCUT2D eigenvalue weighted by atomic mass is 10.1. The first-order valence-corrected chi connectivity index (χ1v) is 10.3. The zero-order chi connectivity index (χ0) is 17.1. The molecule has 0 aromatic heterocycles. The number of carboxylic acids is 1. The molecule has 0 fully saturated rings. The third-order valence-electron chi connectivity index (χ3n) is 3.62. The molecule has 0 spiro atoms. The Hall–Kier alpha value is -0.433. The van der Waals surface area contributed by atoms with Crippen LogP contribution >= 0.6 is 0 Å². The Bertz CT molecular complexity index is 341. The molecular formula is C15H32O5Si. The van der Waals surface area contributed by atoms with E-state index in [9.17, 15) is 9.90 Å². The standard InChI is InChI=1S/C15H32O5Si/c1-14(2,3)19-13(18)10-11(9-12(16)17)20-21(7,8)15(4,5)6/h11,13,18H,9-10H2,1-8H3,(H,16,17). The van der Waals surface area contributed by atoms with Crippen LogP contribution < -0.4 is 0 Å². The second kappa shape index (κ2) is 7.22. The van der Waals surface area contributed by atoms with Gasteiger partial charge in [-0.15, -0.1) is 0 Å². The van der Waals surface area contributed by atoms with Crippen molar-refractivity contribution in [2.45, 2.75) is 90.5 Å². The first-order valence-electron chi connectivity index (χ1n) is 7.39. The van der Waals surface area contributed by atoms with Gasteiger partial charge in [0, 0.05) is 6.42 Å². The second-order valence-corrected chi connectivity index (χ2v) is 12.8. The van der Waals surface area contributed by atoms with Gasteiger partial charge in [-0.3, -0.25) is 4.79 Å². The molecule has 0 aromatic carbocycles. The maximum atomic E-state index is 11.0. The molecule has 0 saturated heterocycles. The summed E-state index contributed by atoms with van der Waals surface area (Å²) >= 11 is 0. The molecule has 126 valence electrons. The predicted molar refractivity (Wildman–Crippen MR) is 85.8 cm³/mol. The van der Waals surface area contributed by atoms with E-state index in [1.165, 1.54) is 0 Å². The molecule has 0 amide bonds. The molecule has 0 heterocycles. The highest BCUT2D eigenvalue weighted by Gasteiger charge is 2.40. The van der Waals surface area contributed by atoms with Crippen molar-refractivity contribution in [2.24, 2.45) is 0 Å². The summed E-state index contributed by atoms with van der Waals surface area (Å²) in [7, 11) is -2.09. The number of hydrogen-bond donors (Lipinski definition) is 2. The van der Waals surface area contributed by atoms with Gasteiger partial charge in [0.25, 0.3) is 0 Å². The van der Waals surface area contributed by atoms with E-state index < -0.39 is 32.3 Å². The first kappa shape index (κ1) is 20.6. The average Bonchev–Trinajstić information content (AvgIpc) is 2.08. The Labute approximate surface area is 129 Å². The van der Waals surface area contributed by atoms with Crippen molar-refractivity contribution >= 4 is 14.3 Å². The molecule has 0 aromatic rings. The number of aliphatic carboxylic acids is 1. The highest BCUT2D eigenvalue weighted by atomic mass is 28.4. The normalized spacial score (nSPS) is 16.6. The van der Waals surface area contributed by atoms with E-state index in [1.807, 2.05) is 20.8 Å². The van der Waals surface area contributed by atoms with Crippen molar-refractivity contribution in [3.8, 4) is 0 Å². The van der Waals surface area contributed by atoms with Gasteiger partial charge in [-0.25, -0.2) is 0 Å². The van der Waals surface area contributed by atoms with Crippen LogP contribution in [0.1, 0.15) is 54.4 Å². The molecular weight excluding hydrogens is 288 g/mol. The maximum Gasteiger partial charge on any atom is 0.305 e. The van der Waals surface area contributed by atoms with Crippen LogP contribution in [0.3, 0.4) is 0 Å². The van der Waals surface area contributed by atoms with Crippen LogP contribution in [0.2, 0.25) is 18.1 Å². The molecule has 0 radical (unpaired) electrons. The van der Waals surface area contributed by atoms with Crippen LogP contribution in [0.25, 0.3) is 0 Å². The molecule has 2 atom stereocenters. The number of carboxylic acid groups (broad SMARTS) is 1. The lowest BCUT2D eigenvalue weighted by Gasteiger charge is -2.39. The highest BCUT2D eigenvalue weighted by Crippen LogP contribution is 2.38. The van der Waals surface area contributed by atoms with Gasteiger partial charge in [0.2, 0.25) is 0 Å². The molecule has 5 nitrogen and oxygen atoms in total. The van der Waals surface area contributed by atoms with Crippen LogP contribution in [-0.2, 0) is 14.0 Å². The Kier molecular flexibility index (Phi) is 7.07. The number of carbonyl (C=O) groups is 1. The Morgan fingerprint density at radius 2 is 1.62 bits per heavy atom. The molecule has 0 bridgehead atoms. The molecule has 0 aliphatic carbocycles. The van der Waals surface area contributed by atoms with Crippen molar-refractivity contribution in [1.29, 1.82) is 0 Å². The fraction of sp³-hybridized carbons (Fsp3) is 0.933. The topological polar surface area (TPSA) is 76.0 Å². The largest absolute Gasteiger partial charge is 0.481 e. The van der Waals surface area contributed by atoms with Crippen LogP contribution in [0.4, 0.5) is 0 Å². The zero-order valence-corrected chi connectivity index (χ0v) is 15.7. The van der Waals surface area contributed by atoms with Gasteiger partial charge in [-0.1, -0.05) is 20.8 Å². The summed E-state index contributed by atoms with van der Waals surface area (Å²) in [6.07, 6.45) is -1.53. The van der Waals surface area contributed by atoms with Crippen molar-refractivity contribution < 1.29 is 24.2 Å². The number of aliphatic hydroxyl groups is 1. The summed E-state index contributed by atoms with van der Waals surface area (Å²) in [6, 6.07) is 0. The molecule has 0 aliphatic heterocycles.